The van der Waals surface area contributed by atoms with Crippen LogP contribution in [-0.2, 0) is 13.5 Å². The molecule has 2 aromatic heterocycles. The fraction of sp³-hybridized carbons (Fsp3) is 0.143. The molecule has 0 saturated carbocycles. The number of para-hydroxylation sites is 2. The number of imidazole rings is 1. The summed E-state index contributed by atoms with van der Waals surface area (Å²) < 4.78 is 3.77. The zero-order valence-electron chi connectivity index (χ0n) is 10.6. The molecule has 0 aliphatic rings. The molecule has 1 aromatic carbocycles. The summed E-state index contributed by atoms with van der Waals surface area (Å²) in [5.74, 6) is 0.850. The van der Waals surface area contributed by atoms with Gasteiger partial charge in [0.15, 0.2) is 5.78 Å². The minimum Gasteiger partial charge on any atom is -0.331 e. The van der Waals surface area contributed by atoms with E-state index in [4.69, 9.17) is 0 Å². The number of carbonyl (C=O) groups is 1. The minimum atomic E-state index is 0.0669. The maximum absolute atomic E-state index is 12.4. The lowest BCUT2D eigenvalue weighted by Gasteiger charge is -2.01. The SMILES string of the molecule is Cn1c(CC(=O)c2cc(Br)sc2Br)nc2ccccc21. The van der Waals surface area contributed by atoms with Crippen molar-refractivity contribution in [3.8, 4) is 0 Å². The average Bonchev–Trinajstić information content (AvgIpc) is 2.91. The van der Waals surface area contributed by atoms with Gasteiger partial charge in [0.05, 0.1) is 25.0 Å². The van der Waals surface area contributed by atoms with Crippen LogP contribution >= 0.6 is 43.2 Å². The third-order valence-corrected chi connectivity index (χ3v) is 5.49. The van der Waals surface area contributed by atoms with Gasteiger partial charge in [-0.1, -0.05) is 12.1 Å². The Balaban J connectivity index is 1.95. The second-order valence-corrected chi connectivity index (χ2v) is 8.16. The topological polar surface area (TPSA) is 34.9 Å². The molecule has 0 saturated heterocycles. The zero-order chi connectivity index (χ0) is 14.3. The van der Waals surface area contributed by atoms with Gasteiger partial charge in [-0.15, -0.1) is 11.3 Å². The van der Waals surface area contributed by atoms with Crippen molar-refractivity contribution in [1.29, 1.82) is 0 Å². The lowest BCUT2D eigenvalue weighted by atomic mass is 10.1. The van der Waals surface area contributed by atoms with Gasteiger partial charge in [0.2, 0.25) is 0 Å². The highest BCUT2D eigenvalue weighted by molar-refractivity contribution is 9.12. The van der Waals surface area contributed by atoms with Crippen LogP contribution < -0.4 is 0 Å². The van der Waals surface area contributed by atoms with Gasteiger partial charge in [-0.2, -0.15) is 0 Å². The van der Waals surface area contributed by atoms with Crippen LogP contribution in [0.1, 0.15) is 16.2 Å². The molecule has 0 amide bonds. The van der Waals surface area contributed by atoms with Crippen molar-refractivity contribution in [2.45, 2.75) is 6.42 Å². The van der Waals surface area contributed by atoms with Crippen molar-refractivity contribution in [1.82, 2.24) is 9.55 Å². The number of Topliss-reactive ketones (excluding diaryl/α,β-unsaturated/α-hetero) is 1. The molecule has 0 aliphatic heterocycles. The van der Waals surface area contributed by atoms with Gasteiger partial charge >= 0.3 is 0 Å². The first-order valence-electron chi connectivity index (χ1n) is 5.94. The highest BCUT2D eigenvalue weighted by Gasteiger charge is 2.17. The normalized spacial score (nSPS) is 11.2. The fourth-order valence-electron chi connectivity index (χ4n) is 2.12. The van der Waals surface area contributed by atoms with Gasteiger partial charge < -0.3 is 4.57 Å². The van der Waals surface area contributed by atoms with E-state index < -0.39 is 0 Å². The number of ketones is 1. The number of carbonyl (C=O) groups excluding carboxylic acids is 1. The van der Waals surface area contributed by atoms with Crippen LogP contribution in [0.2, 0.25) is 0 Å². The molecule has 0 aliphatic carbocycles. The van der Waals surface area contributed by atoms with Crippen molar-refractivity contribution in [3.63, 3.8) is 0 Å². The summed E-state index contributed by atoms with van der Waals surface area (Å²) in [7, 11) is 1.94. The first kappa shape index (κ1) is 14.0. The van der Waals surface area contributed by atoms with Crippen LogP contribution in [-0.4, -0.2) is 15.3 Å². The summed E-state index contributed by atoms with van der Waals surface area (Å²) in [6.07, 6.45) is 0.299. The summed E-state index contributed by atoms with van der Waals surface area (Å²) in [5, 5.41) is 0. The molecule has 3 nitrogen and oxygen atoms in total. The molecule has 0 N–H and O–H groups in total. The number of thiophene rings is 1. The maximum Gasteiger partial charge on any atom is 0.172 e. The van der Waals surface area contributed by atoms with Gasteiger partial charge in [0.1, 0.15) is 5.82 Å². The van der Waals surface area contributed by atoms with Crippen molar-refractivity contribution < 1.29 is 4.79 Å². The summed E-state index contributed by atoms with van der Waals surface area (Å²) >= 11 is 8.32. The highest BCUT2D eigenvalue weighted by atomic mass is 79.9. The summed E-state index contributed by atoms with van der Waals surface area (Å²) in [5.41, 5.74) is 2.66. The number of aryl methyl sites for hydroxylation is 1. The Hall–Kier alpha value is -0.980. The molecule has 3 rings (SSSR count). The molecule has 0 radical (unpaired) electrons. The van der Waals surface area contributed by atoms with E-state index in [1.54, 1.807) is 0 Å². The molecular weight excluding hydrogens is 404 g/mol. The van der Waals surface area contributed by atoms with Gasteiger partial charge in [-0.05, 0) is 50.1 Å². The molecule has 0 spiro atoms. The van der Waals surface area contributed by atoms with Crippen LogP contribution in [0.25, 0.3) is 11.0 Å². The van der Waals surface area contributed by atoms with Crippen molar-refractivity contribution in [3.05, 3.63) is 49.3 Å². The van der Waals surface area contributed by atoms with E-state index in [0.29, 0.717) is 12.0 Å². The predicted molar refractivity (Wildman–Crippen MR) is 88.5 cm³/mol. The Morgan fingerprint density at radius 3 is 2.75 bits per heavy atom. The molecular formula is C14H10Br2N2OS. The van der Waals surface area contributed by atoms with Crippen molar-refractivity contribution in [2.24, 2.45) is 7.05 Å². The molecule has 2 heterocycles. The number of rotatable bonds is 3. The highest BCUT2D eigenvalue weighted by Crippen LogP contribution is 2.32. The zero-order valence-corrected chi connectivity index (χ0v) is 14.5. The number of aromatic nitrogens is 2. The quantitative estimate of drug-likeness (QED) is 0.588. The Morgan fingerprint density at radius 2 is 2.10 bits per heavy atom. The number of hydrogen-bond donors (Lipinski definition) is 0. The summed E-state index contributed by atoms with van der Waals surface area (Å²) in [6, 6.07) is 9.74. The number of hydrogen-bond acceptors (Lipinski definition) is 3. The van der Waals surface area contributed by atoms with E-state index in [1.165, 1.54) is 11.3 Å². The molecule has 0 unspecified atom stereocenters. The van der Waals surface area contributed by atoms with Gasteiger partial charge in [-0.3, -0.25) is 4.79 Å². The number of nitrogens with zero attached hydrogens (tertiary/aromatic N) is 2. The van der Waals surface area contributed by atoms with Crippen molar-refractivity contribution >= 4 is 60.0 Å². The first-order chi connectivity index (χ1) is 9.56. The third-order valence-electron chi connectivity index (χ3n) is 3.16. The maximum atomic E-state index is 12.4. The van der Waals surface area contributed by atoms with Crippen LogP contribution in [0.4, 0.5) is 0 Å². The number of halogens is 2. The van der Waals surface area contributed by atoms with Gasteiger partial charge in [0.25, 0.3) is 0 Å². The summed E-state index contributed by atoms with van der Waals surface area (Å²) in [4.78, 5) is 16.9. The van der Waals surface area contributed by atoms with Crippen LogP contribution in [0.3, 0.4) is 0 Å². The summed E-state index contributed by atoms with van der Waals surface area (Å²) in [6.45, 7) is 0. The smallest absolute Gasteiger partial charge is 0.172 e. The standard InChI is InChI=1S/C14H10Br2N2OS/c1-18-10-5-3-2-4-9(10)17-13(18)7-11(19)8-6-12(15)20-14(8)16/h2-6H,7H2,1H3. The minimum absolute atomic E-state index is 0.0669. The van der Waals surface area contributed by atoms with E-state index in [-0.39, 0.29) is 5.78 Å². The fourth-order valence-corrected chi connectivity index (χ4v) is 4.98. The first-order valence-corrected chi connectivity index (χ1v) is 8.35. The van der Waals surface area contributed by atoms with Crippen LogP contribution in [0.5, 0.6) is 0 Å². The van der Waals surface area contributed by atoms with E-state index in [2.05, 4.69) is 36.8 Å². The van der Waals surface area contributed by atoms with E-state index in [1.807, 2.05) is 41.9 Å². The Morgan fingerprint density at radius 1 is 1.35 bits per heavy atom. The molecule has 102 valence electrons. The van der Waals surface area contributed by atoms with Crippen LogP contribution in [0, 0.1) is 0 Å². The Labute approximate surface area is 136 Å². The molecule has 0 fully saturated rings. The molecule has 0 atom stereocenters. The second-order valence-electron chi connectivity index (χ2n) is 4.41. The van der Waals surface area contributed by atoms with Crippen LogP contribution in [0.15, 0.2) is 37.9 Å². The monoisotopic (exact) mass is 412 g/mol. The lowest BCUT2D eigenvalue weighted by Crippen LogP contribution is -2.08. The Kier molecular flexibility index (Phi) is 3.79. The van der Waals surface area contributed by atoms with Gasteiger partial charge in [0, 0.05) is 12.6 Å². The van der Waals surface area contributed by atoms with Crippen molar-refractivity contribution in [2.75, 3.05) is 0 Å². The number of fused-ring (bicyclic) bond motifs is 1. The Bertz CT molecular complexity index is 807. The van der Waals surface area contributed by atoms with Gasteiger partial charge in [-0.25, -0.2) is 4.98 Å². The molecule has 20 heavy (non-hydrogen) atoms. The second kappa shape index (κ2) is 5.42. The average molecular weight is 414 g/mol. The molecule has 3 aromatic rings. The predicted octanol–water partition coefficient (Wildman–Crippen LogP) is 4.59. The third kappa shape index (κ3) is 2.47. The van der Waals surface area contributed by atoms with E-state index in [9.17, 15) is 4.79 Å². The van der Waals surface area contributed by atoms with E-state index in [0.717, 1.165) is 24.4 Å². The molecule has 6 heteroatoms. The number of benzene rings is 1. The largest absolute Gasteiger partial charge is 0.331 e. The molecule has 0 bridgehead atoms. The lowest BCUT2D eigenvalue weighted by molar-refractivity contribution is 0.0990. The van der Waals surface area contributed by atoms with E-state index >= 15 is 0 Å².